The lowest BCUT2D eigenvalue weighted by Gasteiger charge is -2.38. The molecule has 3 heterocycles. The molecular formula is C26H30N6O. The minimum atomic E-state index is 0.167. The van der Waals surface area contributed by atoms with Crippen molar-refractivity contribution in [2.45, 2.75) is 51.1 Å². The molecule has 1 saturated carbocycles. The van der Waals surface area contributed by atoms with Crippen LogP contribution in [0, 0.1) is 0 Å². The number of piperazine rings is 1. The average Bonchev–Trinajstić information content (AvgIpc) is 3.09. The Morgan fingerprint density at radius 1 is 1.00 bits per heavy atom. The summed E-state index contributed by atoms with van der Waals surface area (Å²) in [5.74, 6) is 1.21. The molecule has 7 heteroatoms. The quantitative estimate of drug-likeness (QED) is 0.491. The molecule has 6 rings (SSSR count). The van der Waals surface area contributed by atoms with Gasteiger partial charge in [-0.15, -0.1) is 0 Å². The van der Waals surface area contributed by atoms with E-state index in [1.807, 2.05) is 19.3 Å². The molecular weight excluding hydrogens is 412 g/mol. The highest BCUT2D eigenvalue weighted by atomic mass is 16.3. The molecule has 170 valence electrons. The van der Waals surface area contributed by atoms with Crippen LogP contribution in [-0.4, -0.2) is 50.0 Å². The largest absolute Gasteiger partial charge is 0.507 e. The van der Waals surface area contributed by atoms with Crippen LogP contribution in [0.3, 0.4) is 0 Å². The summed E-state index contributed by atoms with van der Waals surface area (Å²) in [6, 6.07) is 11.1. The molecule has 1 saturated heterocycles. The van der Waals surface area contributed by atoms with Gasteiger partial charge in [0.2, 0.25) is 0 Å². The number of benzene rings is 2. The van der Waals surface area contributed by atoms with Crippen LogP contribution < -0.4 is 10.2 Å². The van der Waals surface area contributed by atoms with E-state index in [9.17, 15) is 5.11 Å². The Morgan fingerprint density at radius 2 is 1.79 bits per heavy atom. The summed E-state index contributed by atoms with van der Waals surface area (Å²) in [5.41, 5.74) is 4.71. The summed E-state index contributed by atoms with van der Waals surface area (Å²) in [7, 11) is 1.88. The number of phenols is 1. The van der Waals surface area contributed by atoms with Gasteiger partial charge in [-0.05, 0) is 51.0 Å². The molecule has 2 aromatic carbocycles. The minimum Gasteiger partial charge on any atom is -0.507 e. The van der Waals surface area contributed by atoms with Crippen LogP contribution in [0.4, 0.5) is 5.69 Å². The molecule has 0 unspecified atom stereocenters. The maximum atomic E-state index is 10.8. The smallest absolute Gasteiger partial charge is 0.163 e. The van der Waals surface area contributed by atoms with Crippen LogP contribution in [0.15, 0.2) is 36.5 Å². The van der Waals surface area contributed by atoms with Crippen molar-refractivity contribution in [3.8, 4) is 17.1 Å². The van der Waals surface area contributed by atoms with Crippen molar-refractivity contribution in [2.75, 3.05) is 18.0 Å². The normalized spacial score (nSPS) is 21.6. The van der Waals surface area contributed by atoms with Crippen molar-refractivity contribution in [3.05, 3.63) is 42.2 Å². The van der Waals surface area contributed by atoms with Gasteiger partial charge in [-0.25, -0.2) is 9.97 Å². The van der Waals surface area contributed by atoms with Crippen molar-refractivity contribution in [1.29, 1.82) is 0 Å². The Balaban J connectivity index is 1.48. The van der Waals surface area contributed by atoms with Crippen molar-refractivity contribution in [3.63, 3.8) is 0 Å². The summed E-state index contributed by atoms with van der Waals surface area (Å²) in [6.07, 6.45) is 5.51. The van der Waals surface area contributed by atoms with Crippen molar-refractivity contribution < 1.29 is 5.11 Å². The fourth-order valence-corrected chi connectivity index (χ4v) is 5.35. The Kier molecular flexibility index (Phi) is 4.76. The van der Waals surface area contributed by atoms with Gasteiger partial charge >= 0.3 is 0 Å². The molecule has 2 aromatic heterocycles. The standard InChI is InChI=1S/C26H30N6O/c1-15-12-32(13-16(2)27-15)19-7-8-22-20(10-19)25(17-5-4-6-17)29-26(28-22)21-9-18-14-31(3)30-23(18)11-24(21)33/h7-11,14-17,27,33H,4-6,12-13H2,1-3H3/t15-,16-/m0/s1. The maximum absolute atomic E-state index is 10.8. The molecule has 0 spiro atoms. The lowest BCUT2D eigenvalue weighted by molar-refractivity contribution is 0.407. The molecule has 4 aromatic rings. The minimum absolute atomic E-state index is 0.167. The number of aromatic nitrogens is 4. The van der Waals surface area contributed by atoms with Gasteiger partial charge in [-0.2, -0.15) is 5.10 Å². The third-order valence-corrected chi connectivity index (χ3v) is 7.10. The number of hydrogen-bond acceptors (Lipinski definition) is 6. The molecule has 33 heavy (non-hydrogen) atoms. The van der Waals surface area contributed by atoms with Gasteiger partial charge in [0.1, 0.15) is 5.75 Å². The lowest BCUT2D eigenvalue weighted by Crippen LogP contribution is -2.54. The highest BCUT2D eigenvalue weighted by molar-refractivity contribution is 5.90. The van der Waals surface area contributed by atoms with Gasteiger partial charge < -0.3 is 15.3 Å². The number of rotatable bonds is 3. The topological polar surface area (TPSA) is 79.1 Å². The number of nitrogens with one attached hydrogen (secondary N) is 1. The van der Waals surface area contributed by atoms with E-state index in [2.05, 4.69) is 47.4 Å². The summed E-state index contributed by atoms with van der Waals surface area (Å²) in [6.45, 7) is 6.47. The SMILES string of the molecule is C[C@H]1CN(c2ccc3nc(-c4cc5cn(C)nc5cc4O)nc(C4CCC4)c3c2)C[C@H](C)N1. The summed E-state index contributed by atoms with van der Waals surface area (Å²) < 4.78 is 1.76. The molecule has 0 radical (unpaired) electrons. The Labute approximate surface area is 193 Å². The predicted molar refractivity (Wildman–Crippen MR) is 132 cm³/mol. The van der Waals surface area contributed by atoms with E-state index >= 15 is 0 Å². The summed E-state index contributed by atoms with van der Waals surface area (Å²) in [5, 5.41) is 20.9. The zero-order chi connectivity index (χ0) is 22.7. The number of aromatic hydroxyl groups is 1. The second kappa shape index (κ2) is 7.70. The van der Waals surface area contributed by atoms with Gasteiger partial charge in [0.25, 0.3) is 0 Å². The van der Waals surface area contributed by atoms with E-state index < -0.39 is 0 Å². The van der Waals surface area contributed by atoms with Crippen molar-refractivity contribution in [2.24, 2.45) is 7.05 Å². The molecule has 2 N–H and O–H groups in total. The van der Waals surface area contributed by atoms with Crippen molar-refractivity contribution >= 4 is 27.5 Å². The number of hydrogen-bond donors (Lipinski definition) is 2. The maximum Gasteiger partial charge on any atom is 0.163 e. The average molecular weight is 443 g/mol. The van der Waals surface area contributed by atoms with Gasteiger partial charge in [0.05, 0.1) is 22.3 Å². The predicted octanol–water partition coefficient (Wildman–Crippen LogP) is 4.34. The highest BCUT2D eigenvalue weighted by Crippen LogP contribution is 2.41. The molecule has 1 aliphatic heterocycles. The van der Waals surface area contributed by atoms with Crippen LogP contribution >= 0.6 is 0 Å². The summed E-state index contributed by atoms with van der Waals surface area (Å²) in [4.78, 5) is 12.4. The van der Waals surface area contributed by atoms with Crippen LogP contribution in [-0.2, 0) is 7.05 Å². The first-order valence-corrected chi connectivity index (χ1v) is 11.9. The first-order valence-electron chi connectivity index (χ1n) is 11.9. The first kappa shape index (κ1) is 20.4. The number of fused-ring (bicyclic) bond motifs is 2. The van der Waals surface area contributed by atoms with Crippen LogP contribution in [0.2, 0.25) is 0 Å². The van der Waals surface area contributed by atoms with Crippen LogP contribution in [0.5, 0.6) is 5.75 Å². The molecule has 2 aliphatic rings. The van der Waals surface area contributed by atoms with Crippen molar-refractivity contribution in [1.82, 2.24) is 25.1 Å². The lowest BCUT2D eigenvalue weighted by atomic mass is 9.81. The van der Waals surface area contributed by atoms with Gasteiger partial charge in [0, 0.05) is 66.9 Å². The molecule has 7 nitrogen and oxygen atoms in total. The zero-order valence-corrected chi connectivity index (χ0v) is 19.4. The van der Waals surface area contributed by atoms with E-state index in [0.717, 1.165) is 53.4 Å². The van der Waals surface area contributed by atoms with E-state index in [1.54, 1.807) is 10.7 Å². The van der Waals surface area contributed by atoms with E-state index in [-0.39, 0.29) is 5.75 Å². The number of aryl methyl sites for hydroxylation is 1. The fourth-order valence-electron chi connectivity index (χ4n) is 5.35. The van der Waals surface area contributed by atoms with E-state index in [0.29, 0.717) is 29.4 Å². The number of nitrogens with zero attached hydrogens (tertiary/aromatic N) is 5. The Hall–Kier alpha value is -3.19. The van der Waals surface area contributed by atoms with Crippen LogP contribution in [0.25, 0.3) is 33.2 Å². The fraction of sp³-hybridized carbons (Fsp3) is 0.423. The number of phenolic OH excluding ortho intramolecular Hbond substituents is 1. The van der Waals surface area contributed by atoms with Gasteiger partial charge in [-0.3, -0.25) is 4.68 Å². The Morgan fingerprint density at radius 3 is 2.52 bits per heavy atom. The monoisotopic (exact) mass is 442 g/mol. The third-order valence-electron chi connectivity index (χ3n) is 7.10. The molecule has 0 bridgehead atoms. The van der Waals surface area contributed by atoms with E-state index in [4.69, 9.17) is 9.97 Å². The van der Waals surface area contributed by atoms with Crippen LogP contribution in [0.1, 0.15) is 44.7 Å². The first-order chi connectivity index (χ1) is 15.9. The second-order valence-electron chi connectivity index (χ2n) is 9.87. The third kappa shape index (κ3) is 3.60. The molecule has 1 aliphatic carbocycles. The Bertz CT molecular complexity index is 1350. The summed E-state index contributed by atoms with van der Waals surface area (Å²) >= 11 is 0. The molecule has 0 amide bonds. The molecule has 2 atom stereocenters. The molecule has 2 fully saturated rings. The highest BCUT2D eigenvalue weighted by Gasteiger charge is 2.27. The number of anilines is 1. The van der Waals surface area contributed by atoms with Gasteiger partial charge in [0.15, 0.2) is 5.82 Å². The zero-order valence-electron chi connectivity index (χ0n) is 19.4. The van der Waals surface area contributed by atoms with Gasteiger partial charge in [-0.1, -0.05) is 6.42 Å². The second-order valence-corrected chi connectivity index (χ2v) is 9.87. The van der Waals surface area contributed by atoms with E-state index in [1.165, 1.54) is 12.1 Å².